The maximum absolute atomic E-state index is 11.4. The molecule has 5 heteroatoms. The number of carbonyl (C=O) groups excluding carboxylic acids is 1. The van der Waals surface area contributed by atoms with Gasteiger partial charge in [-0.15, -0.1) is 0 Å². The van der Waals surface area contributed by atoms with E-state index in [9.17, 15) is 4.79 Å². The zero-order valence-electron chi connectivity index (χ0n) is 7.74. The van der Waals surface area contributed by atoms with Gasteiger partial charge < -0.3 is 5.32 Å². The van der Waals surface area contributed by atoms with Crippen molar-refractivity contribution in [3.8, 4) is 0 Å². The highest BCUT2D eigenvalue weighted by Crippen LogP contribution is 2.00. The minimum absolute atomic E-state index is 0.0999. The molecule has 0 saturated carbocycles. The second kappa shape index (κ2) is 4.32. The maximum Gasteiger partial charge on any atom is 0.269 e. The number of hydrogen-bond donors (Lipinski definition) is 2. The lowest BCUT2D eigenvalue weighted by Crippen LogP contribution is -2.27. The van der Waals surface area contributed by atoms with Gasteiger partial charge in [0.25, 0.3) is 5.91 Å². The SMILES string of the molecule is Cc1cc(C(=O)NCCS)n(C)n1. The zero-order chi connectivity index (χ0) is 9.84. The van der Waals surface area contributed by atoms with E-state index in [0.717, 1.165) is 5.69 Å². The number of hydrogen-bond acceptors (Lipinski definition) is 3. The molecular formula is C8H13N3OS. The summed E-state index contributed by atoms with van der Waals surface area (Å²) in [5.74, 6) is 0.542. The Morgan fingerprint density at radius 2 is 2.46 bits per heavy atom. The number of amides is 1. The highest BCUT2D eigenvalue weighted by Gasteiger charge is 2.09. The van der Waals surface area contributed by atoms with Gasteiger partial charge in [0.1, 0.15) is 5.69 Å². The fourth-order valence-electron chi connectivity index (χ4n) is 1.08. The third-order valence-corrected chi connectivity index (χ3v) is 1.86. The molecule has 0 fully saturated rings. The molecule has 0 spiro atoms. The van der Waals surface area contributed by atoms with E-state index in [1.165, 1.54) is 0 Å². The number of thiol groups is 1. The van der Waals surface area contributed by atoms with Crippen molar-refractivity contribution in [3.63, 3.8) is 0 Å². The van der Waals surface area contributed by atoms with Gasteiger partial charge in [0.2, 0.25) is 0 Å². The smallest absolute Gasteiger partial charge is 0.269 e. The minimum atomic E-state index is -0.0999. The molecule has 0 aromatic carbocycles. The molecule has 13 heavy (non-hydrogen) atoms. The third kappa shape index (κ3) is 2.48. The second-order valence-electron chi connectivity index (χ2n) is 2.77. The lowest BCUT2D eigenvalue weighted by atomic mass is 10.3. The molecule has 1 N–H and O–H groups in total. The standard InChI is InChI=1S/C8H13N3OS/c1-6-5-7(11(2)10-6)8(12)9-3-4-13/h5,13H,3-4H2,1-2H3,(H,9,12). The Morgan fingerprint density at radius 3 is 2.92 bits per heavy atom. The molecule has 1 aromatic heterocycles. The molecule has 0 unspecified atom stereocenters. The van der Waals surface area contributed by atoms with E-state index < -0.39 is 0 Å². The summed E-state index contributed by atoms with van der Waals surface area (Å²) in [6.07, 6.45) is 0. The van der Waals surface area contributed by atoms with Crippen molar-refractivity contribution in [2.24, 2.45) is 7.05 Å². The molecule has 1 heterocycles. The molecule has 1 aromatic rings. The van der Waals surface area contributed by atoms with Crippen LogP contribution in [0.25, 0.3) is 0 Å². The summed E-state index contributed by atoms with van der Waals surface area (Å²) >= 11 is 4.00. The van der Waals surface area contributed by atoms with Gasteiger partial charge in [0.15, 0.2) is 0 Å². The van der Waals surface area contributed by atoms with Crippen molar-refractivity contribution < 1.29 is 4.79 Å². The van der Waals surface area contributed by atoms with E-state index in [1.54, 1.807) is 17.8 Å². The fourth-order valence-corrected chi connectivity index (χ4v) is 1.19. The summed E-state index contributed by atoms with van der Waals surface area (Å²) in [6, 6.07) is 1.76. The summed E-state index contributed by atoms with van der Waals surface area (Å²) in [7, 11) is 1.75. The topological polar surface area (TPSA) is 46.9 Å². The van der Waals surface area contributed by atoms with E-state index in [1.807, 2.05) is 6.92 Å². The van der Waals surface area contributed by atoms with E-state index in [4.69, 9.17) is 0 Å². The number of nitrogens with one attached hydrogen (secondary N) is 1. The molecule has 0 aliphatic rings. The molecule has 0 aliphatic heterocycles. The molecule has 0 radical (unpaired) electrons. The Kier molecular flexibility index (Phi) is 3.36. The quantitative estimate of drug-likeness (QED) is 0.692. The first-order valence-electron chi connectivity index (χ1n) is 4.05. The number of rotatable bonds is 3. The van der Waals surface area contributed by atoms with Crippen LogP contribution in [0.2, 0.25) is 0 Å². The minimum Gasteiger partial charge on any atom is -0.350 e. The summed E-state index contributed by atoms with van der Waals surface area (Å²) in [5, 5.41) is 6.80. The van der Waals surface area contributed by atoms with Gasteiger partial charge in [0.05, 0.1) is 5.69 Å². The number of nitrogens with zero attached hydrogens (tertiary/aromatic N) is 2. The highest BCUT2D eigenvalue weighted by molar-refractivity contribution is 7.80. The average molecular weight is 199 g/mol. The molecule has 0 atom stereocenters. The number of carbonyl (C=O) groups is 1. The molecule has 0 saturated heterocycles. The predicted octanol–water partition coefficient (Wildman–Crippen LogP) is 0.388. The maximum atomic E-state index is 11.4. The average Bonchev–Trinajstić information content (AvgIpc) is 2.41. The zero-order valence-corrected chi connectivity index (χ0v) is 8.64. The van der Waals surface area contributed by atoms with Crippen molar-refractivity contribution in [2.45, 2.75) is 6.92 Å². The van der Waals surface area contributed by atoms with Gasteiger partial charge in [-0.2, -0.15) is 17.7 Å². The monoisotopic (exact) mass is 199 g/mol. The third-order valence-electron chi connectivity index (χ3n) is 1.63. The Labute approximate surface area is 82.7 Å². The summed E-state index contributed by atoms with van der Waals surface area (Å²) < 4.78 is 1.57. The van der Waals surface area contributed by atoms with Crippen LogP contribution < -0.4 is 5.32 Å². The van der Waals surface area contributed by atoms with Crippen LogP contribution in [0.1, 0.15) is 16.2 Å². The van der Waals surface area contributed by atoms with Gasteiger partial charge in [-0.25, -0.2) is 0 Å². The molecular weight excluding hydrogens is 186 g/mol. The van der Waals surface area contributed by atoms with Crippen molar-refractivity contribution >= 4 is 18.5 Å². The van der Waals surface area contributed by atoms with Crippen LogP contribution in [-0.2, 0) is 7.05 Å². The van der Waals surface area contributed by atoms with Gasteiger partial charge in [-0.1, -0.05) is 0 Å². The number of aryl methyl sites for hydroxylation is 2. The van der Waals surface area contributed by atoms with Crippen LogP contribution in [0, 0.1) is 6.92 Å². The van der Waals surface area contributed by atoms with E-state index >= 15 is 0 Å². The lowest BCUT2D eigenvalue weighted by molar-refractivity contribution is 0.0947. The normalized spacial score (nSPS) is 10.1. The first kappa shape index (κ1) is 10.1. The van der Waals surface area contributed by atoms with Crippen molar-refractivity contribution in [2.75, 3.05) is 12.3 Å². The van der Waals surface area contributed by atoms with Gasteiger partial charge >= 0.3 is 0 Å². The Balaban J connectivity index is 2.70. The van der Waals surface area contributed by atoms with Crippen LogP contribution in [0.3, 0.4) is 0 Å². The molecule has 0 aliphatic carbocycles. The molecule has 0 bridgehead atoms. The van der Waals surface area contributed by atoms with Crippen LogP contribution >= 0.6 is 12.6 Å². The van der Waals surface area contributed by atoms with Crippen LogP contribution in [0.4, 0.5) is 0 Å². The molecule has 1 amide bonds. The van der Waals surface area contributed by atoms with E-state index in [-0.39, 0.29) is 5.91 Å². The number of aromatic nitrogens is 2. The van der Waals surface area contributed by atoms with Gasteiger partial charge in [-0.3, -0.25) is 9.48 Å². The summed E-state index contributed by atoms with van der Waals surface area (Å²) in [5.41, 5.74) is 1.43. The first-order valence-corrected chi connectivity index (χ1v) is 4.68. The van der Waals surface area contributed by atoms with Crippen LogP contribution in [0.5, 0.6) is 0 Å². The summed E-state index contributed by atoms with van der Waals surface area (Å²) in [6.45, 7) is 2.43. The second-order valence-corrected chi connectivity index (χ2v) is 3.22. The Hall–Kier alpha value is -0.970. The Morgan fingerprint density at radius 1 is 1.77 bits per heavy atom. The molecule has 4 nitrogen and oxygen atoms in total. The van der Waals surface area contributed by atoms with E-state index in [2.05, 4.69) is 23.0 Å². The Bertz CT molecular complexity index is 308. The van der Waals surface area contributed by atoms with Gasteiger partial charge in [-0.05, 0) is 13.0 Å². The van der Waals surface area contributed by atoms with Crippen LogP contribution in [-0.4, -0.2) is 28.0 Å². The van der Waals surface area contributed by atoms with Crippen LogP contribution in [0.15, 0.2) is 6.07 Å². The van der Waals surface area contributed by atoms with E-state index in [0.29, 0.717) is 18.0 Å². The van der Waals surface area contributed by atoms with Gasteiger partial charge in [0, 0.05) is 19.3 Å². The van der Waals surface area contributed by atoms with Crippen molar-refractivity contribution in [3.05, 3.63) is 17.5 Å². The fraction of sp³-hybridized carbons (Fsp3) is 0.500. The van der Waals surface area contributed by atoms with Crippen molar-refractivity contribution in [1.29, 1.82) is 0 Å². The first-order chi connectivity index (χ1) is 6.15. The largest absolute Gasteiger partial charge is 0.350 e. The lowest BCUT2D eigenvalue weighted by Gasteiger charge is -2.02. The molecule has 72 valence electrons. The van der Waals surface area contributed by atoms with Crippen molar-refractivity contribution in [1.82, 2.24) is 15.1 Å². The predicted molar refractivity (Wildman–Crippen MR) is 54.1 cm³/mol. The molecule has 1 rings (SSSR count). The highest BCUT2D eigenvalue weighted by atomic mass is 32.1. The summed E-state index contributed by atoms with van der Waals surface area (Å²) in [4.78, 5) is 11.4.